The van der Waals surface area contributed by atoms with Crippen molar-refractivity contribution in [3.05, 3.63) is 96.6 Å². The fourth-order valence-corrected chi connectivity index (χ4v) is 3.96. The molecule has 0 bridgehead atoms. The molecule has 0 unspecified atom stereocenters. The highest BCUT2D eigenvalue weighted by molar-refractivity contribution is 5.96. The molecular formula is C30H23N7O2. The number of rotatable bonds is 6. The first kappa shape index (κ1) is 25.0. The number of carbonyl (C=O) groups excluding carboxylic acids is 1. The Morgan fingerprint density at radius 3 is 2.87 bits per heavy atom. The van der Waals surface area contributed by atoms with Gasteiger partial charge in [-0.3, -0.25) is 9.78 Å². The summed E-state index contributed by atoms with van der Waals surface area (Å²) in [6.07, 6.45) is 6.09. The Morgan fingerprint density at radius 1 is 1.21 bits per heavy atom. The number of ether oxygens (including phenoxy) is 1. The Morgan fingerprint density at radius 2 is 2.08 bits per heavy atom. The van der Waals surface area contributed by atoms with Crippen molar-refractivity contribution >= 4 is 33.8 Å². The van der Waals surface area contributed by atoms with E-state index in [2.05, 4.69) is 44.9 Å². The SMILES string of the molecule is C=CC(=O)N(C)CC#Cc1ccc2ncc(C#N)c(Nc3ccc(Oc4ccn5ncnc5c4)c(C)c3)c2c1. The summed E-state index contributed by atoms with van der Waals surface area (Å²) in [5.74, 6) is 7.24. The smallest absolute Gasteiger partial charge is 0.246 e. The Bertz CT molecular complexity index is 1840. The number of hydrogen-bond donors (Lipinski definition) is 1. The zero-order valence-electron chi connectivity index (χ0n) is 21.3. The van der Waals surface area contributed by atoms with Crippen LogP contribution in [0.15, 0.2) is 79.9 Å². The third-order valence-electron chi connectivity index (χ3n) is 6.01. The predicted octanol–water partition coefficient (Wildman–Crippen LogP) is 4.99. The summed E-state index contributed by atoms with van der Waals surface area (Å²) in [6.45, 7) is 5.71. The average Bonchev–Trinajstić information content (AvgIpc) is 3.42. The molecule has 2 aromatic carbocycles. The molecule has 3 aromatic heterocycles. The molecule has 3 heterocycles. The Balaban J connectivity index is 1.42. The lowest BCUT2D eigenvalue weighted by Gasteiger charge is -2.14. The van der Waals surface area contributed by atoms with Crippen LogP contribution in [0.2, 0.25) is 0 Å². The van der Waals surface area contributed by atoms with Gasteiger partial charge in [-0.1, -0.05) is 18.4 Å². The minimum absolute atomic E-state index is 0.194. The molecule has 0 aliphatic rings. The molecule has 9 nitrogen and oxygen atoms in total. The van der Waals surface area contributed by atoms with E-state index in [1.54, 1.807) is 24.0 Å². The van der Waals surface area contributed by atoms with E-state index in [0.29, 0.717) is 28.4 Å². The second kappa shape index (κ2) is 10.8. The highest BCUT2D eigenvalue weighted by atomic mass is 16.5. The summed E-state index contributed by atoms with van der Waals surface area (Å²) < 4.78 is 7.75. The molecular weight excluding hydrogens is 490 g/mol. The lowest BCUT2D eigenvalue weighted by molar-refractivity contribution is -0.124. The van der Waals surface area contributed by atoms with Gasteiger partial charge in [-0.05, 0) is 61.0 Å². The van der Waals surface area contributed by atoms with Crippen molar-refractivity contribution in [3.63, 3.8) is 0 Å². The van der Waals surface area contributed by atoms with E-state index in [9.17, 15) is 10.1 Å². The van der Waals surface area contributed by atoms with Crippen LogP contribution in [0.4, 0.5) is 11.4 Å². The van der Waals surface area contributed by atoms with Gasteiger partial charge in [0.1, 0.15) is 23.9 Å². The number of pyridine rings is 2. The van der Waals surface area contributed by atoms with Crippen molar-refractivity contribution < 1.29 is 9.53 Å². The van der Waals surface area contributed by atoms with Gasteiger partial charge in [-0.15, -0.1) is 0 Å². The van der Waals surface area contributed by atoms with Crippen LogP contribution in [0, 0.1) is 30.1 Å². The van der Waals surface area contributed by atoms with Crippen LogP contribution in [0.3, 0.4) is 0 Å². The third-order valence-corrected chi connectivity index (χ3v) is 6.01. The normalized spacial score (nSPS) is 10.4. The number of nitriles is 1. The molecule has 5 rings (SSSR count). The van der Waals surface area contributed by atoms with Gasteiger partial charge in [0.15, 0.2) is 5.65 Å². The first-order valence-electron chi connectivity index (χ1n) is 12.0. The van der Waals surface area contributed by atoms with E-state index in [1.165, 1.54) is 17.3 Å². The maximum Gasteiger partial charge on any atom is 0.246 e. The number of nitrogens with one attached hydrogen (secondary N) is 1. The third kappa shape index (κ3) is 5.38. The molecule has 9 heteroatoms. The van der Waals surface area contributed by atoms with Crippen LogP contribution in [0.1, 0.15) is 16.7 Å². The molecule has 0 aliphatic heterocycles. The van der Waals surface area contributed by atoms with Crippen LogP contribution in [-0.2, 0) is 4.79 Å². The Hall–Kier alpha value is -5.67. The lowest BCUT2D eigenvalue weighted by Crippen LogP contribution is -2.24. The second-order valence-corrected chi connectivity index (χ2v) is 8.72. The molecule has 0 fully saturated rings. The minimum Gasteiger partial charge on any atom is -0.457 e. The number of likely N-dealkylation sites (N-methyl/N-ethyl adjacent to an activating group) is 1. The fourth-order valence-electron chi connectivity index (χ4n) is 3.96. The number of aryl methyl sites for hydroxylation is 1. The second-order valence-electron chi connectivity index (χ2n) is 8.72. The van der Waals surface area contributed by atoms with Crippen molar-refractivity contribution in [2.45, 2.75) is 6.92 Å². The summed E-state index contributed by atoms with van der Waals surface area (Å²) in [5.41, 5.74) is 4.89. The number of benzene rings is 2. The zero-order chi connectivity index (χ0) is 27.4. The fraction of sp³-hybridized carbons (Fsp3) is 0.100. The molecule has 5 aromatic rings. The van der Waals surface area contributed by atoms with E-state index in [4.69, 9.17) is 4.74 Å². The topological polar surface area (TPSA) is 108 Å². The molecule has 0 saturated heterocycles. The highest BCUT2D eigenvalue weighted by Gasteiger charge is 2.12. The monoisotopic (exact) mass is 513 g/mol. The quantitative estimate of drug-likeness (QED) is 0.252. The van der Waals surface area contributed by atoms with E-state index >= 15 is 0 Å². The van der Waals surface area contributed by atoms with Crippen molar-refractivity contribution in [3.8, 4) is 29.4 Å². The standard InChI is InChI=1S/C30H23N7O2/c1-4-29(38)36(3)12-5-6-21-7-9-26-25(15-21)30(22(17-31)18-32-26)35-23-8-10-27(20(2)14-23)39-24-11-13-37-28(16-24)33-19-34-37/h4,7-11,13-16,18-19H,1,12H2,2-3H3,(H,32,35). The summed E-state index contributed by atoms with van der Waals surface area (Å²) >= 11 is 0. The van der Waals surface area contributed by atoms with E-state index in [0.717, 1.165) is 27.7 Å². The van der Waals surface area contributed by atoms with Crippen molar-refractivity contribution in [1.82, 2.24) is 24.5 Å². The molecule has 190 valence electrons. The van der Waals surface area contributed by atoms with Crippen molar-refractivity contribution in [2.75, 3.05) is 18.9 Å². The number of anilines is 2. The Labute approximate surface area is 225 Å². The maximum atomic E-state index is 11.7. The van der Waals surface area contributed by atoms with Gasteiger partial charge in [0, 0.05) is 42.1 Å². The molecule has 1 N–H and O–H groups in total. The van der Waals surface area contributed by atoms with E-state index < -0.39 is 0 Å². The number of aromatic nitrogens is 4. The average molecular weight is 514 g/mol. The van der Waals surface area contributed by atoms with E-state index in [1.807, 2.05) is 55.5 Å². The number of carbonyl (C=O) groups is 1. The van der Waals surface area contributed by atoms with Crippen molar-refractivity contribution in [1.29, 1.82) is 5.26 Å². The first-order chi connectivity index (χ1) is 18.9. The molecule has 1 amide bonds. The molecule has 0 saturated carbocycles. The molecule has 0 spiro atoms. The lowest BCUT2D eigenvalue weighted by atomic mass is 10.1. The highest BCUT2D eigenvalue weighted by Crippen LogP contribution is 2.32. The summed E-state index contributed by atoms with van der Waals surface area (Å²) in [7, 11) is 1.66. The summed E-state index contributed by atoms with van der Waals surface area (Å²) in [5, 5.41) is 18.0. The van der Waals surface area contributed by atoms with Gasteiger partial charge in [-0.25, -0.2) is 9.50 Å². The molecule has 0 aliphatic carbocycles. The van der Waals surface area contributed by atoms with Crippen LogP contribution in [0.5, 0.6) is 11.5 Å². The molecule has 0 atom stereocenters. The molecule has 0 radical (unpaired) electrons. The van der Waals surface area contributed by atoms with Crippen molar-refractivity contribution in [2.24, 2.45) is 0 Å². The largest absolute Gasteiger partial charge is 0.457 e. The van der Waals surface area contributed by atoms with Crippen LogP contribution >= 0.6 is 0 Å². The predicted molar refractivity (Wildman–Crippen MR) is 149 cm³/mol. The first-order valence-corrected chi connectivity index (χ1v) is 12.0. The van der Waals surface area contributed by atoms with E-state index in [-0.39, 0.29) is 12.5 Å². The van der Waals surface area contributed by atoms with Crippen LogP contribution in [0.25, 0.3) is 16.6 Å². The van der Waals surface area contributed by atoms with Gasteiger partial charge in [0.25, 0.3) is 0 Å². The Kier molecular flexibility index (Phi) is 6.89. The van der Waals surface area contributed by atoms with Crippen LogP contribution < -0.4 is 10.1 Å². The van der Waals surface area contributed by atoms with Crippen LogP contribution in [-0.4, -0.2) is 44.0 Å². The van der Waals surface area contributed by atoms with Gasteiger partial charge in [0.05, 0.1) is 23.3 Å². The number of hydrogen-bond acceptors (Lipinski definition) is 7. The van der Waals surface area contributed by atoms with Gasteiger partial charge < -0.3 is 15.0 Å². The maximum absolute atomic E-state index is 11.7. The summed E-state index contributed by atoms with van der Waals surface area (Å²) in [6, 6.07) is 17.2. The number of nitrogens with zero attached hydrogens (tertiary/aromatic N) is 6. The zero-order valence-corrected chi connectivity index (χ0v) is 21.3. The van der Waals surface area contributed by atoms with Gasteiger partial charge in [-0.2, -0.15) is 10.4 Å². The summed E-state index contributed by atoms with van der Waals surface area (Å²) in [4.78, 5) is 21.8. The number of fused-ring (bicyclic) bond motifs is 2. The van der Waals surface area contributed by atoms with Gasteiger partial charge in [0.2, 0.25) is 5.91 Å². The number of amides is 1. The van der Waals surface area contributed by atoms with Gasteiger partial charge >= 0.3 is 0 Å². The minimum atomic E-state index is -0.194. The molecule has 39 heavy (non-hydrogen) atoms.